The summed E-state index contributed by atoms with van der Waals surface area (Å²) in [7, 11) is 0. The number of rotatable bonds is 4. The molecule has 0 aliphatic carbocycles. The highest BCUT2D eigenvalue weighted by Crippen LogP contribution is 2.09. The van der Waals surface area contributed by atoms with Gasteiger partial charge in [0.25, 0.3) is 0 Å². The molecule has 0 saturated carbocycles. The first-order chi connectivity index (χ1) is 4.93. The molecule has 0 unspecified atom stereocenters. The third-order valence-electron chi connectivity index (χ3n) is 1.06. The van der Waals surface area contributed by atoms with E-state index in [0.717, 1.165) is 19.0 Å². The zero-order valence-corrected chi connectivity index (χ0v) is 7.33. The summed E-state index contributed by atoms with van der Waals surface area (Å²) in [6.07, 6.45) is 0. The first kappa shape index (κ1) is 8.11. The number of thiophene rings is 1. The van der Waals surface area contributed by atoms with Crippen LogP contribution in [0.15, 0.2) is 17.5 Å². The van der Waals surface area contributed by atoms with E-state index in [-0.39, 0.29) is 0 Å². The largest absolute Gasteiger partial charge is 0.375 e. The van der Waals surface area contributed by atoms with Crippen LogP contribution in [0.2, 0.25) is 0 Å². The van der Waals surface area contributed by atoms with E-state index in [4.69, 9.17) is 4.74 Å². The Bertz CT molecular complexity index is 160. The summed E-state index contributed by atoms with van der Waals surface area (Å²) >= 11 is 5.75. The van der Waals surface area contributed by atoms with Gasteiger partial charge in [0.05, 0.1) is 13.2 Å². The zero-order chi connectivity index (χ0) is 7.23. The van der Waals surface area contributed by atoms with Gasteiger partial charge in [0.1, 0.15) is 0 Å². The Labute approximate surface area is 70.4 Å². The molecule has 0 aromatic carbocycles. The Morgan fingerprint density at radius 3 is 3.10 bits per heavy atom. The summed E-state index contributed by atoms with van der Waals surface area (Å²) in [5.74, 6) is 0.797. The van der Waals surface area contributed by atoms with Crippen LogP contribution < -0.4 is 0 Å². The maximum Gasteiger partial charge on any atom is 0.0809 e. The van der Waals surface area contributed by atoms with E-state index in [1.54, 1.807) is 11.3 Å². The number of hydrogen-bond donors (Lipinski definition) is 1. The summed E-state index contributed by atoms with van der Waals surface area (Å²) in [4.78, 5) is 1.28. The minimum atomic E-state index is 0.734. The van der Waals surface area contributed by atoms with Crippen molar-refractivity contribution < 1.29 is 4.74 Å². The molecule has 1 aromatic heterocycles. The summed E-state index contributed by atoms with van der Waals surface area (Å²) in [5, 5.41) is 2.05. The van der Waals surface area contributed by atoms with Crippen molar-refractivity contribution >= 4 is 24.0 Å². The Balaban J connectivity index is 2.15. The molecule has 1 heterocycles. The van der Waals surface area contributed by atoms with Crippen LogP contribution >= 0.6 is 24.0 Å². The first-order valence-corrected chi connectivity index (χ1v) is 4.65. The minimum Gasteiger partial charge on any atom is -0.375 e. The lowest BCUT2D eigenvalue weighted by atomic mass is 10.5. The monoisotopic (exact) mass is 174 g/mol. The van der Waals surface area contributed by atoms with Gasteiger partial charge in [-0.25, -0.2) is 0 Å². The molecule has 56 valence electrons. The quantitative estimate of drug-likeness (QED) is 0.544. The smallest absolute Gasteiger partial charge is 0.0809 e. The highest BCUT2D eigenvalue weighted by molar-refractivity contribution is 7.80. The predicted octanol–water partition coefficient (Wildman–Crippen LogP) is 2.19. The molecule has 0 atom stereocenters. The normalized spacial score (nSPS) is 10.1. The Morgan fingerprint density at radius 2 is 2.50 bits per heavy atom. The standard InChI is InChI=1S/C7H10OS2/c9-4-3-8-6-7-2-1-5-10-7/h1-2,5,9H,3-4,6H2. The summed E-state index contributed by atoms with van der Waals surface area (Å²) in [6, 6.07) is 4.10. The second-order valence-corrected chi connectivity index (χ2v) is 3.34. The Morgan fingerprint density at radius 1 is 1.60 bits per heavy atom. The van der Waals surface area contributed by atoms with Gasteiger partial charge in [-0.15, -0.1) is 11.3 Å². The molecule has 0 fully saturated rings. The fourth-order valence-corrected chi connectivity index (χ4v) is 1.40. The third-order valence-corrected chi connectivity index (χ3v) is 2.09. The van der Waals surface area contributed by atoms with E-state index >= 15 is 0 Å². The van der Waals surface area contributed by atoms with E-state index in [2.05, 4.69) is 24.1 Å². The van der Waals surface area contributed by atoms with Gasteiger partial charge in [-0.2, -0.15) is 12.6 Å². The van der Waals surface area contributed by atoms with Crippen LogP contribution in [0.1, 0.15) is 4.88 Å². The average molecular weight is 174 g/mol. The van der Waals surface area contributed by atoms with Gasteiger partial charge >= 0.3 is 0 Å². The lowest BCUT2D eigenvalue weighted by molar-refractivity contribution is 0.139. The van der Waals surface area contributed by atoms with Gasteiger partial charge in [0, 0.05) is 10.6 Å². The molecule has 0 aliphatic rings. The molecule has 1 nitrogen and oxygen atoms in total. The van der Waals surface area contributed by atoms with Gasteiger partial charge in [-0.3, -0.25) is 0 Å². The molecule has 1 rings (SSSR count). The molecule has 1 aromatic rings. The number of ether oxygens (including phenoxy) is 1. The van der Waals surface area contributed by atoms with Crippen molar-refractivity contribution in [3.63, 3.8) is 0 Å². The van der Waals surface area contributed by atoms with Crippen LogP contribution in [0.5, 0.6) is 0 Å². The highest BCUT2D eigenvalue weighted by atomic mass is 32.1. The molecule has 0 saturated heterocycles. The lowest BCUT2D eigenvalue weighted by Gasteiger charge is -1.97. The molecule has 0 aliphatic heterocycles. The van der Waals surface area contributed by atoms with Gasteiger partial charge in [0.2, 0.25) is 0 Å². The molecular formula is C7H10OS2. The van der Waals surface area contributed by atoms with Gasteiger partial charge < -0.3 is 4.74 Å². The SMILES string of the molecule is SCCOCc1cccs1. The molecular weight excluding hydrogens is 164 g/mol. The molecule has 0 bridgehead atoms. The van der Waals surface area contributed by atoms with Crippen molar-refractivity contribution in [2.75, 3.05) is 12.4 Å². The second kappa shape index (κ2) is 4.77. The topological polar surface area (TPSA) is 9.23 Å². The number of hydrogen-bond acceptors (Lipinski definition) is 3. The lowest BCUT2D eigenvalue weighted by Crippen LogP contribution is -1.93. The van der Waals surface area contributed by atoms with Gasteiger partial charge in [-0.05, 0) is 11.4 Å². The Kier molecular flexibility index (Phi) is 3.87. The van der Waals surface area contributed by atoms with Gasteiger partial charge in [0.15, 0.2) is 0 Å². The zero-order valence-electron chi connectivity index (χ0n) is 5.62. The Hall–Kier alpha value is 0.01000. The minimum absolute atomic E-state index is 0.734. The summed E-state index contributed by atoms with van der Waals surface area (Å²) in [6.45, 7) is 1.47. The molecule has 0 N–H and O–H groups in total. The van der Waals surface area contributed by atoms with Crippen molar-refractivity contribution in [2.24, 2.45) is 0 Å². The van der Waals surface area contributed by atoms with Crippen LogP contribution in [0.25, 0.3) is 0 Å². The number of thiol groups is 1. The molecule has 3 heteroatoms. The van der Waals surface area contributed by atoms with Crippen molar-refractivity contribution in [3.05, 3.63) is 22.4 Å². The van der Waals surface area contributed by atoms with Crippen molar-refractivity contribution in [1.29, 1.82) is 0 Å². The maximum absolute atomic E-state index is 5.26. The maximum atomic E-state index is 5.26. The molecule has 0 radical (unpaired) electrons. The van der Waals surface area contributed by atoms with Gasteiger partial charge in [-0.1, -0.05) is 6.07 Å². The van der Waals surface area contributed by atoms with E-state index in [9.17, 15) is 0 Å². The summed E-state index contributed by atoms with van der Waals surface area (Å²) in [5.41, 5.74) is 0. The van der Waals surface area contributed by atoms with Crippen molar-refractivity contribution in [1.82, 2.24) is 0 Å². The predicted molar refractivity (Wildman–Crippen MR) is 47.8 cm³/mol. The van der Waals surface area contributed by atoms with E-state index < -0.39 is 0 Å². The molecule has 10 heavy (non-hydrogen) atoms. The van der Waals surface area contributed by atoms with E-state index in [0.29, 0.717) is 0 Å². The van der Waals surface area contributed by atoms with Crippen LogP contribution in [-0.2, 0) is 11.3 Å². The van der Waals surface area contributed by atoms with Crippen molar-refractivity contribution in [3.8, 4) is 0 Å². The van der Waals surface area contributed by atoms with Crippen LogP contribution in [0.3, 0.4) is 0 Å². The fourth-order valence-electron chi connectivity index (χ4n) is 0.632. The molecule has 0 spiro atoms. The molecule has 0 amide bonds. The summed E-state index contributed by atoms with van der Waals surface area (Å²) < 4.78 is 5.26. The fraction of sp³-hybridized carbons (Fsp3) is 0.429. The van der Waals surface area contributed by atoms with Crippen LogP contribution in [-0.4, -0.2) is 12.4 Å². The van der Waals surface area contributed by atoms with E-state index in [1.807, 2.05) is 6.07 Å². The average Bonchev–Trinajstić information content (AvgIpc) is 2.41. The van der Waals surface area contributed by atoms with Crippen LogP contribution in [0.4, 0.5) is 0 Å². The van der Waals surface area contributed by atoms with E-state index in [1.165, 1.54) is 4.88 Å². The van der Waals surface area contributed by atoms with Crippen molar-refractivity contribution in [2.45, 2.75) is 6.61 Å². The third kappa shape index (κ3) is 2.73. The second-order valence-electron chi connectivity index (χ2n) is 1.86. The van der Waals surface area contributed by atoms with Crippen LogP contribution in [0, 0.1) is 0 Å². The highest BCUT2D eigenvalue weighted by Gasteiger charge is 1.90. The first-order valence-electron chi connectivity index (χ1n) is 3.14.